The largest absolute Gasteiger partial charge is 0.397 e. The highest BCUT2D eigenvalue weighted by Gasteiger charge is 2.08. The normalized spacial score (nSPS) is 10.6. The molecule has 0 saturated heterocycles. The van der Waals surface area contributed by atoms with Gasteiger partial charge in [-0.2, -0.15) is 5.10 Å². The Kier molecular flexibility index (Phi) is 3.09. The van der Waals surface area contributed by atoms with Crippen LogP contribution in [0.5, 0.6) is 0 Å². The van der Waals surface area contributed by atoms with Crippen LogP contribution in [0.2, 0.25) is 0 Å². The average Bonchev–Trinajstić information content (AvgIpc) is 2.85. The second kappa shape index (κ2) is 5.05. The second-order valence-electron chi connectivity index (χ2n) is 4.50. The molecule has 100 valence electrons. The molecule has 0 aliphatic rings. The number of carbonyl (C=O) groups is 1. The van der Waals surface area contributed by atoms with Gasteiger partial charge in [0.2, 0.25) is 5.91 Å². The first-order valence-corrected chi connectivity index (χ1v) is 6.29. The van der Waals surface area contributed by atoms with Gasteiger partial charge in [0.25, 0.3) is 0 Å². The summed E-state index contributed by atoms with van der Waals surface area (Å²) in [5.74, 6) is -0.156. The molecule has 5 heteroatoms. The smallest absolute Gasteiger partial charge is 0.246 e. The minimum atomic E-state index is -0.156. The molecule has 0 spiro atoms. The number of aromatic nitrogens is 2. The molecule has 0 atom stereocenters. The van der Waals surface area contributed by atoms with Gasteiger partial charge in [0.1, 0.15) is 6.54 Å². The fourth-order valence-electron chi connectivity index (χ4n) is 2.09. The lowest BCUT2D eigenvalue weighted by molar-refractivity contribution is -0.116. The van der Waals surface area contributed by atoms with Crippen LogP contribution in [0.15, 0.2) is 54.7 Å². The van der Waals surface area contributed by atoms with Crippen LogP contribution >= 0.6 is 0 Å². The number of nitrogens with one attached hydrogen (secondary N) is 1. The van der Waals surface area contributed by atoms with Crippen LogP contribution in [0.1, 0.15) is 0 Å². The lowest BCUT2D eigenvalue weighted by Crippen LogP contribution is -2.20. The minimum absolute atomic E-state index is 0.155. The van der Waals surface area contributed by atoms with Crippen LogP contribution in [0, 0.1) is 0 Å². The molecule has 2 aromatic carbocycles. The van der Waals surface area contributed by atoms with E-state index in [0.717, 1.165) is 10.9 Å². The highest BCUT2D eigenvalue weighted by molar-refractivity contribution is 5.94. The minimum Gasteiger partial charge on any atom is -0.397 e. The Bertz CT molecular complexity index is 763. The number of fused-ring (bicyclic) bond motifs is 1. The van der Waals surface area contributed by atoms with Crippen molar-refractivity contribution in [2.75, 3.05) is 11.1 Å². The molecule has 1 amide bonds. The standard InChI is InChI=1S/C15H14N4O/c16-12-6-2-3-7-13(12)18-15(20)10-19-14-8-4-1-5-11(14)9-17-19/h1-9H,10,16H2,(H,18,20). The second-order valence-corrected chi connectivity index (χ2v) is 4.50. The van der Waals surface area contributed by atoms with Crippen LogP contribution in [-0.2, 0) is 11.3 Å². The third kappa shape index (κ3) is 2.33. The van der Waals surface area contributed by atoms with Crippen LogP contribution < -0.4 is 11.1 Å². The van der Waals surface area contributed by atoms with Crippen molar-refractivity contribution in [1.82, 2.24) is 9.78 Å². The van der Waals surface area contributed by atoms with Gasteiger partial charge in [-0.3, -0.25) is 9.48 Å². The molecule has 1 heterocycles. The Labute approximate surface area is 116 Å². The van der Waals surface area contributed by atoms with E-state index in [1.54, 1.807) is 23.0 Å². The summed E-state index contributed by atoms with van der Waals surface area (Å²) in [5.41, 5.74) is 7.90. The van der Waals surface area contributed by atoms with E-state index >= 15 is 0 Å². The first-order chi connectivity index (χ1) is 9.74. The van der Waals surface area contributed by atoms with Gasteiger partial charge in [-0.15, -0.1) is 0 Å². The predicted molar refractivity (Wildman–Crippen MR) is 79.2 cm³/mol. The number of nitrogens with two attached hydrogens (primary N) is 1. The van der Waals surface area contributed by atoms with E-state index < -0.39 is 0 Å². The van der Waals surface area contributed by atoms with Crippen LogP contribution in [0.25, 0.3) is 10.9 Å². The Hall–Kier alpha value is -2.82. The Morgan fingerprint density at radius 3 is 2.75 bits per heavy atom. The summed E-state index contributed by atoms with van der Waals surface area (Å²) in [4.78, 5) is 12.0. The molecule has 0 bridgehead atoms. The van der Waals surface area contributed by atoms with Crippen LogP contribution in [0.3, 0.4) is 0 Å². The molecule has 5 nitrogen and oxygen atoms in total. The summed E-state index contributed by atoms with van der Waals surface area (Å²) in [6, 6.07) is 14.9. The molecule has 3 rings (SSSR count). The number of nitrogens with zero attached hydrogens (tertiary/aromatic N) is 2. The van der Waals surface area contributed by atoms with Crippen molar-refractivity contribution in [3.05, 3.63) is 54.7 Å². The van der Waals surface area contributed by atoms with E-state index in [1.165, 1.54) is 0 Å². The summed E-state index contributed by atoms with van der Waals surface area (Å²) in [6.07, 6.45) is 1.75. The summed E-state index contributed by atoms with van der Waals surface area (Å²) < 4.78 is 1.67. The monoisotopic (exact) mass is 266 g/mol. The molecule has 0 saturated carbocycles. The van der Waals surface area contributed by atoms with Crippen molar-refractivity contribution < 1.29 is 4.79 Å². The Morgan fingerprint density at radius 1 is 1.15 bits per heavy atom. The molecule has 1 aromatic heterocycles. The number of para-hydroxylation sites is 3. The van der Waals surface area contributed by atoms with Gasteiger partial charge >= 0.3 is 0 Å². The highest BCUT2D eigenvalue weighted by Crippen LogP contribution is 2.17. The molecule has 0 aliphatic heterocycles. The molecular formula is C15H14N4O. The van der Waals surface area contributed by atoms with Gasteiger partial charge < -0.3 is 11.1 Å². The van der Waals surface area contributed by atoms with Crippen LogP contribution in [0.4, 0.5) is 11.4 Å². The first kappa shape index (κ1) is 12.2. The zero-order chi connectivity index (χ0) is 13.9. The van der Waals surface area contributed by atoms with E-state index in [0.29, 0.717) is 11.4 Å². The van der Waals surface area contributed by atoms with Crippen molar-refractivity contribution in [3.63, 3.8) is 0 Å². The molecule has 0 radical (unpaired) electrons. The van der Waals surface area contributed by atoms with Gasteiger partial charge in [-0.1, -0.05) is 30.3 Å². The fourth-order valence-corrected chi connectivity index (χ4v) is 2.09. The van der Waals surface area contributed by atoms with E-state index in [9.17, 15) is 4.79 Å². The zero-order valence-corrected chi connectivity index (χ0v) is 10.8. The van der Waals surface area contributed by atoms with Gasteiger partial charge in [0.15, 0.2) is 0 Å². The summed E-state index contributed by atoms with van der Waals surface area (Å²) >= 11 is 0. The lowest BCUT2D eigenvalue weighted by Gasteiger charge is -2.08. The summed E-state index contributed by atoms with van der Waals surface area (Å²) in [6.45, 7) is 0.155. The van der Waals surface area contributed by atoms with E-state index in [2.05, 4.69) is 10.4 Å². The van der Waals surface area contributed by atoms with Gasteiger partial charge in [0, 0.05) is 5.39 Å². The van der Waals surface area contributed by atoms with Crippen molar-refractivity contribution in [3.8, 4) is 0 Å². The quantitative estimate of drug-likeness (QED) is 0.714. The molecule has 20 heavy (non-hydrogen) atoms. The Morgan fingerprint density at radius 2 is 1.90 bits per heavy atom. The number of amides is 1. The molecule has 0 unspecified atom stereocenters. The van der Waals surface area contributed by atoms with Gasteiger partial charge in [-0.25, -0.2) is 0 Å². The molecule has 3 aromatic rings. The fraction of sp³-hybridized carbons (Fsp3) is 0.0667. The number of benzene rings is 2. The van der Waals surface area contributed by atoms with Crippen molar-refractivity contribution in [1.29, 1.82) is 0 Å². The maximum absolute atomic E-state index is 12.0. The van der Waals surface area contributed by atoms with E-state index in [-0.39, 0.29) is 12.5 Å². The third-order valence-electron chi connectivity index (χ3n) is 3.08. The molecule has 3 N–H and O–H groups in total. The Balaban J connectivity index is 1.78. The van der Waals surface area contributed by atoms with Crippen molar-refractivity contribution >= 4 is 28.2 Å². The maximum Gasteiger partial charge on any atom is 0.246 e. The van der Waals surface area contributed by atoms with E-state index in [1.807, 2.05) is 36.4 Å². The third-order valence-corrected chi connectivity index (χ3v) is 3.08. The number of hydrogen-bond acceptors (Lipinski definition) is 3. The molecule has 0 aliphatic carbocycles. The topological polar surface area (TPSA) is 72.9 Å². The average molecular weight is 266 g/mol. The zero-order valence-electron chi connectivity index (χ0n) is 10.8. The number of nitrogen functional groups attached to an aromatic ring is 1. The van der Waals surface area contributed by atoms with E-state index in [4.69, 9.17) is 5.73 Å². The summed E-state index contributed by atoms with van der Waals surface area (Å²) in [5, 5.41) is 8.03. The van der Waals surface area contributed by atoms with Gasteiger partial charge in [-0.05, 0) is 18.2 Å². The summed E-state index contributed by atoms with van der Waals surface area (Å²) in [7, 11) is 0. The SMILES string of the molecule is Nc1ccccc1NC(=O)Cn1ncc2ccccc21. The maximum atomic E-state index is 12.0. The number of anilines is 2. The first-order valence-electron chi connectivity index (χ1n) is 6.29. The molecular weight excluding hydrogens is 252 g/mol. The number of carbonyl (C=O) groups excluding carboxylic acids is 1. The highest BCUT2D eigenvalue weighted by atomic mass is 16.2. The number of hydrogen-bond donors (Lipinski definition) is 2. The predicted octanol–water partition coefficient (Wildman–Crippen LogP) is 2.26. The van der Waals surface area contributed by atoms with Crippen molar-refractivity contribution in [2.45, 2.75) is 6.54 Å². The lowest BCUT2D eigenvalue weighted by atomic mass is 10.2. The number of rotatable bonds is 3. The van der Waals surface area contributed by atoms with Gasteiger partial charge in [0.05, 0.1) is 23.1 Å². The molecule has 0 fully saturated rings. The van der Waals surface area contributed by atoms with Crippen LogP contribution in [-0.4, -0.2) is 15.7 Å². The van der Waals surface area contributed by atoms with Crippen molar-refractivity contribution in [2.24, 2.45) is 0 Å².